The van der Waals surface area contributed by atoms with E-state index in [0.29, 0.717) is 13.0 Å². The number of nitrogens with one attached hydrogen (secondary N) is 1. The van der Waals surface area contributed by atoms with Gasteiger partial charge in [-0.25, -0.2) is 0 Å². The Bertz CT molecular complexity index is 887. The second-order valence-corrected chi connectivity index (χ2v) is 9.29. The van der Waals surface area contributed by atoms with Gasteiger partial charge in [-0.15, -0.1) is 0 Å². The fourth-order valence-electron chi connectivity index (χ4n) is 4.57. The molecule has 1 saturated heterocycles. The first-order valence-electron chi connectivity index (χ1n) is 11.2. The maximum Gasteiger partial charge on any atom is 0.228 e. The molecule has 158 valence electrons. The predicted octanol–water partition coefficient (Wildman–Crippen LogP) is 4.44. The summed E-state index contributed by atoms with van der Waals surface area (Å²) < 4.78 is 0. The molecule has 4 rings (SSSR count). The summed E-state index contributed by atoms with van der Waals surface area (Å²) in [5.74, 6) is 0.521. The van der Waals surface area contributed by atoms with Crippen LogP contribution in [0.3, 0.4) is 0 Å². The summed E-state index contributed by atoms with van der Waals surface area (Å²) >= 11 is 0. The molecule has 30 heavy (non-hydrogen) atoms. The summed E-state index contributed by atoms with van der Waals surface area (Å²) in [4.78, 5) is 28.0. The molecule has 1 N–H and O–H groups in total. The number of hydrogen-bond acceptors (Lipinski definition) is 2. The van der Waals surface area contributed by atoms with E-state index in [4.69, 9.17) is 0 Å². The number of piperidine rings is 1. The summed E-state index contributed by atoms with van der Waals surface area (Å²) in [6.45, 7) is 5.30. The van der Waals surface area contributed by atoms with Crippen LogP contribution in [0.4, 0.5) is 0 Å². The first-order valence-corrected chi connectivity index (χ1v) is 11.2. The van der Waals surface area contributed by atoms with Gasteiger partial charge >= 0.3 is 0 Å². The van der Waals surface area contributed by atoms with Gasteiger partial charge in [0, 0.05) is 25.0 Å². The number of benzene rings is 2. The number of rotatable bonds is 6. The van der Waals surface area contributed by atoms with Crippen molar-refractivity contribution in [1.29, 1.82) is 0 Å². The van der Waals surface area contributed by atoms with Crippen LogP contribution in [0.25, 0.3) is 11.1 Å². The molecule has 4 nitrogen and oxygen atoms in total. The number of amides is 2. The van der Waals surface area contributed by atoms with Gasteiger partial charge in [0.1, 0.15) is 0 Å². The van der Waals surface area contributed by atoms with Crippen LogP contribution in [0.5, 0.6) is 0 Å². The lowest BCUT2D eigenvalue weighted by atomic mass is 9.74. The number of carbonyl (C=O) groups is 2. The van der Waals surface area contributed by atoms with Crippen molar-refractivity contribution in [3.05, 3.63) is 60.2 Å². The lowest BCUT2D eigenvalue weighted by Crippen LogP contribution is -2.55. The third-order valence-corrected chi connectivity index (χ3v) is 6.32. The zero-order valence-corrected chi connectivity index (χ0v) is 18.1. The third kappa shape index (κ3) is 4.58. The van der Waals surface area contributed by atoms with Crippen molar-refractivity contribution in [1.82, 2.24) is 10.2 Å². The van der Waals surface area contributed by atoms with Crippen LogP contribution in [0.15, 0.2) is 54.6 Å². The summed E-state index contributed by atoms with van der Waals surface area (Å²) in [6.07, 6.45) is 4.37. The predicted molar refractivity (Wildman–Crippen MR) is 120 cm³/mol. The van der Waals surface area contributed by atoms with Gasteiger partial charge in [0.25, 0.3) is 0 Å². The Hall–Kier alpha value is -2.62. The van der Waals surface area contributed by atoms with Gasteiger partial charge in [-0.3, -0.25) is 9.59 Å². The number of likely N-dealkylation sites (tertiary alicyclic amines) is 1. The fraction of sp³-hybridized carbons (Fsp3) is 0.462. The molecule has 1 atom stereocenters. The van der Waals surface area contributed by atoms with Crippen LogP contribution >= 0.6 is 0 Å². The minimum Gasteiger partial charge on any atom is -0.353 e. The molecule has 2 amide bonds. The highest BCUT2D eigenvalue weighted by Gasteiger charge is 2.45. The molecule has 1 saturated carbocycles. The monoisotopic (exact) mass is 404 g/mol. The molecule has 2 aliphatic rings. The lowest BCUT2D eigenvalue weighted by molar-refractivity contribution is -0.142. The van der Waals surface area contributed by atoms with E-state index in [-0.39, 0.29) is 23.8 Å². The smallest absolute Gasteiger partial charge is 0.228 e. The van der Waals surface area contributed by atoms with Crippen LogP contribution < -0.4 is 5.32 Å². The molecule has 2 aromatic rings. The molecule has 2 aromatic carbocycles. The summed E-state index contributed by atoms with van der Waals surface area (Å²) in [5, 5.41) is 3.14. The molecular formula is C26H32N2O2. The SMILES string of the molecule is CC(C)NC(=O)C1(Cc2ccc(-c3ccccc3)cc2)CCCN(C(=O)C2CC2)C1. The van der Waals surface area contributed by atoms with Crippen molar-refractivity contribution >= 4 is 11.8 Å². The Morgan fingerprint density at radius 2 is 1.70 bits per heavy atom. The van der Waals surface area contributed by atoms with Crippen LogP contribution in [0, 0.1) is 11.3 Å². The topological polar surface area (TPSA) is 49.4 Å². The lowest BCUT2D eigenvalue weighted by Gasteiger charge is -2.42. The number of carbonyl (C=O) groups excluding carboxylic acids is 2. The van der Waals surface area contributed by atoms with Crippen LogP contribution in [0.2, 0.25) is 0 Å². The van der Waals surface area contributed by atoms with Crippen molar-refractivity contribution in [2.75, 3.05) is 13.1 Å². The van der Waals surface area contributed by atoms with Gasteiger partial charge in [0.2, 0.25) is 11.8 Å². The van der Waals surface area contributed by atoms with Gasteiger partial charge in [0.05, 0.1) is 5.41 Å². The van der Waals surface area contributed by atoms with E-state index in [1.807, 2.05) is 36.9 Å². The zero-order valence-electron chi connectivity index (χ0n) is 18.1. The van der Waals surface area contributed by atoms with Gasteiger partial charge in [-0.2, -0.15) is 0 Å². The average molecular weight is 405 g/mol. The summed E-state index contributed by atoms with van der Waals surface area (Å²) in [7, 11) is 0. The maximum atomic E-state index is 13.3. The van der Waals surface area contributed by atoms with Gasteiger partial charge in [-0.1, -0.05) is 54.6 Å². The quantitative estimate of drug-likeness (QED) is 0.774. The Balaban J connectivity index is 1.56. The molecule has 2 fully saturated rings. The van der Waals surface area contributed by atoms with E-state index in [1.54, 1.807) is 0 Å². The van der Waals surface area contributed by atoms with E-state index in [0.717, 1.165) is 37.8 Å². The molecule has 0 bridgehead atoms. The Labute approximate surface area is 179 Å². The van der Waals surface area contributed by atoms with Crippen molar-refractivity contribution in [3.8, 4) is 11.1 Å². The minimum atomic E-state index is -0.554. The van der Waals surface area contributed by atoms with Crippen molar-refractivity contribution in [2.24, 2.45) is 11.3 Å². The molecule has 1 heterocycles. The van der Waals surface area contributed by atoms with E-state index in [2.05, 4.69) is 41.7 Å². The maximum absolute atomic E-state index is 13.3. The van der Waals surface area contributed by atoms with Gasteiger partial charge in [0.15, 0.2) is 0 Å². The summed E-state index contributed by atoms with van der Waals surface area (Å²) in [5.41, 5.74) is 2.96. The highest BCUT2D eigenvalue weighted by atomic mass is 16.2. The van der Waals surface area contributed by atoms with Crippen LogP contribution in [-0.2, 0) is 16.0 Å². The molecule has 0 aromatic heterocycles. The number of nitrogens with zero attached hydrogens (tertiary/aromatic N) is 1. The average Bonchev–Trinajstić information content (AvgIpc) is 3.59. The van der Waals surface area contributed by atoms with Crippen LogP contribution in [-0.4, -0.2) is 35.8 Å². The van der Waals surface area contributed by atoms with E-state index >= 15 is 0 Å². The van der Waals surface area contributed by atoms with Crippen molar-refractivity contribution < 1.29 is 9.59 Å². The summed E-state index contributed by atoms with van der Waals surface area (Å²) in [6, 6.07) is 18.9. The first kappa shape index (κ1) is 20.6. The second kappa shape index (κ2) is 8.63. The highest BCUT2D eigenvalue weighted by Crippen LogP contribution is 2.38. The molecule has 1 aliphatic carbocycles. The zero-order chi connectivity index (χ0) is 21.1. The van der Waals surface area contributed by atoms with Crippen LogP contribution in [0.1, 0.15) is 45.1 Å². The third-order valence-electron chi connectivity index (χ3n) is 6.32. The molecule has 0 radical (unpaired) electrons. The Morgan fingerprint density at radius 1 is 1.03 bits per heavy atom. The molecule has 0 spiro atoms. The fourth-order valence-corrected chi connectivity index (χ4v) is 4.57. The van der Waals surface area contributed by atoms with Crippen molar-refractivity contribution in [3.63, 3.8) is 0 Å². The van der Waals surface area contributed by atoms with E-state index in [1.165, 1.54) is 11.1 Å². The molecule has 1 aliphatic heterocycles. The Morgan fingerprint density at radius 3 is 2.33 bits per heavy atom. The normalized spacial score (nSPS) is 21.5. The molecular weight excluding hydrogens is 372 g/mol. The minimum absolute atomic E-state index is 0.0814. The van der Waals surface area contributed by atoms with E-state index < -0.39 is 5.41 Å². The molecule has 1 unspecified atom stereocenters. The largest absolute Gasteiger partial charge is 0.353 e. The van der Waals surface area contributed by atoms with Gasteiger partial charge < -0.3 is 10.2 Å². The second-order valence-electron chi connectivity index (χ2n) is 9.29. The Kier molecular flexibility index (Phi) is 5.94. The van der Waals surface area contributed by atoms with E-state index in [9.17, 15) is 9.59 Å². The van der Waals surface area contributed by atoms with Gasteiger partial charge in [-0.05, 0) is 62.6 Å². The van der Waals surface area contributed by atoms with Crippen molar-refractivity contribution in [2.45, 2.75) is 52.0 Å². The highest BCUT2D eigenvalue weighted by molar-refractivity contribution is 5.86. The standard InChI is InChI=1S/C26H32N2O2/c1-19(2)27-25(30)26(15-6-16-28(18-26)24(29)23-13-14-23)17-20-9-11-22(12-10-20)21-7-4-3-5-8-21/h3-5,7-12,19,23H,6,13-18H2,1-2H3,(H,27,30). The molecule has 4 heteroatoms. The number of hydrogen-bond donors (Lipinski definition) is 1. The first-order chi connectivity index (χ1) is 14.5.